The molecule has 136 valence electrons. The van der Waals surface area contributed by atoms with Gasteiger partial charge >= 0.3 is 0 Å². The molecule has 3 rings (SSSR count). The van der Waals surface area contributed by atoms with E-state index in [9.17, 15) is 4.39 Å². The van der Waals surface area contributed by atoms with Crippen LogP contribution in [0.4, 0.5) is 27.9 Å². The second-order valence-corrected chi connectivity index (χ2v) is 5.40. The van der Waals surface area contributed by atoms with Gasteiger partial charge in [0.2, 0.25) is 17.8 Å². The minimum atomic E-state index is -0.489. The van der Waals surface area contributed by atoms with Gasteiger partial charge in [-0.3, -0.25) is 0 Å². The number of aryl methyl sites for hydroxylation is 1. The summed E-state index contributed by atoms with van der Waals surface area (Å²) < 4.78 is 20.6. The van der Waals surface area contributed by atoms with Gasteiger partial charge in [0.05, 0.1) is 13.4 Å². The number of hydrogen-bond donors (Lipinski definition) is 3. The molecule has 0 amide bonds. The molecule has 26 heavy (non-hydrogen) atoms. The van der Waals surface area contributed by atoms with Gasteiger partial charge in [-0.15, -0.1) is 0 Å². The third kappa shape index (κ3) is 4.56. The van der Waals surface area contributed by atoms with Crippen molar-refractivity contribution in [3.05, 3.63) is 42.7 Å². The largest absolute Gasteiger partial charge is 0.494 e. The van der Waals surface area contributed by atoms with Gasteiger partial charge in [0.1, 0.15) is 0 Å². The van der Waals surface area contributed by atoms with Crippen LogP contribution in [0.1, 0.15) is 6.42 Å². The topological polar surface area (TPSA) is 116 Å². The lowest BCUT2D eigenvalue weighted by Gasteiger charge is -2.10. The molecule has 0 fully saturated rings. The summed E-state index contributed by atoms with van der Waals surface area (Å²) in [5.41, 5.74) is 6.19. The zero-order valence-electron chi connectivity index (χ0n) is 14.2. The van der Waals surface area contributed by atoms with Crippen LogP contribution in [-0.4, -0.2) is 38.2 Å². The SMILES string of the molecule is COc1ccc(Nc2nc(N)nc(NCCCn3ccnc3)n2)cc1F. The summed E-state index contributed by atoms with van der Waals surface area (Å²) >= 11 is 0. The number of nitrogen functional groups attached to an aromatic ring is 1. The molecule has 2 aromatic heterocycles. The number of rotatable bonds is 8. The highest BCUT2D eigenvalue weighted by atomic mass is 19.1. The van der Waals surface area contributed by atoms with Crippen LogP contribution in [0.25, 0.3) is 0 Å². The maximum atomic E-state index is 13.8. The van der Waals surface area contributed by atoms with Crippen LogP contribution in [0.3, 0.4) is 0 Å². The highest BCUT2D eigenvalue weighted by molar-refractivity contribution is 5.56. The Morgan fingerprint density at radius 1 is 1.23 bits per heavy atom. The van der Waals surface area contributed by atoms with E-state index in [0.29, 0.717) is 18.2 Å². The minimum Gasteiger partial charge on any atom is -0.494 e. The molecule has 0 unspecified atom stereocenters. The van der Waals surface area contributed by atoms with Gasteiger partial charge in [0.25, 0.3) is 0 Å². The Bertz CT molecular complexity index is 855. The molecule has 0 aliphatic heterocycles. The summed E-state index contributed by atoms with van der Waals surface area (Å²) in [6, 6.07) is 4.45. The fourth-order valence-electron chi connectivity index (χ4n) is 2.28. The number of aromatic nitrogens is 5. The minimum absolute atomic E-state index is 0.0635. The lowest BCUT2D eigenvalue weighted by atomic mass is 10.3. The molecule has 0 atom stereocenters. The molecule has 0 aliphatic carbocycles. The van der Waals surface area contributed by atoms with E-state index in [1.807, 2.05) is 10.8 Å². The lowest BCUT2D eigenvalue weighted by molar-refractivity contribution is 0.386. The molecule has 9 nitrogen and oxygen atoms in total. The first-order valence-electron chi connectivity index (χ1n) is 7.96. The van der Waals surface area contributed by atoms with Crippen LogP contribution < -0.4 is 21.1 Å². The van der Waals surface area contributed by atoms with Gasteiger partial charge in [-0.1, -0.05) is 0 Å². The maximum absolute atomic E-state index is 13.8. The van der Waals surface area contributed by atoms with E-state index in [-0.39, 0.29) is 17.6 Å². The number of halogens is 1. The molecule has 0 radical (unpaired) electrons. The van der Waals surface area contributed by atoms with E-state index >= 15 is 0 Å². The van der Waals surface area contributed by atoms with E-state index in [2.05, 4.69) is 30.6 Å². The van der Waals surface area contributed by atoms with Crippen molar-refractivity contribution in [2.45, 2.75) is 13.0 Å². The molecular weight excluding hydrogens is 339 g/mol. The van der Waals surface area contributed by atoms with Crippen LogP contribution in [0.2, 0.25) is 0 Å². The predicted molar refractivity (Wildman–Crippen MR) is 95.8 cm³/mol. The number of imidazole rings is 1. The number of hydrogen-bond acceptors (Lipinski definition) is 8. The summed E-state index contributed by atoms with van der Waals surface area (Å²) in [6.45, 7) is 1.47. The summed E-state index contributed by atoms with van der Waals surface area (Å²) in [4.78, 5) is 16.3. The molecule has 3 aromatic rings. The Kier molecular flexibility index (Phi) is 5.42. The fourth-order valence-corrected chi connectivity index (χ4v) is 2.28. The van der Waals surface area contributed by atoms with Crippen molar-refractivity contribution < 1.29 is 9.13 Å². The summed E-state index contributed by atoms with van der Waals surface area (Å²) in [7, 11) is 1.41. The van der Waals surface area contributed by atoms with Crippen LogP contribution in [0, 0.1) is 5.82 Å². The molecule has 4 N–H and O–H groups in total. The third-order valence-electron chi connectivity index (χ3n) is 3.50. The Labute approximate surface area is 149 Å². The van der Waals surface area contributed by atoms with Crippen molar-refractivity contribution in [1.82, 2.24) is 24.5 Å². The number of nitrogens with zero attached hydrogens (tertiary/aromatic N) is 5. The molecule has 1 aromatic carbocycles. The fraction of sp³-hybridized carbons (Fsp3) is 0.250. The number of nitrogens with one attached hydrogen (secondary N) is 2. The average Bonchev–Trinajstić information content (AvgIpc) is 3.12. The van der Waals surface area contributed by atoms with E-state index < -0.39 is 5.82 Å². The first-order valence-corrected chi connectivity index (χ1v) is 7.96. The maximum Gasteiger partial charge on any atom is 0.233 e. The molecule has 2 heterocycles. The standard InChI is InChI=1S/C16H19FN8O/c1-26-13-4-3-11(9-12(13)17)21-16-23-14(18)22-15(24-16)20-5-2-7-25-8-6-19-10-25/h3-4,6,8-10H,2,5,7H2,1H3,(H4,18,20,21,22,23,24). The van der Waals surface area contributed by atoms with Gasteiger partial charge in [0.15, 0.2) is 11.6 Å². The molecule has 10 heteroatoms. The van der Waals surface area contributed by atoms with Gasteiger partial charge in [-0.2, -0.15) is 15.0 Å². The zero-order chi connectivity index (χ0) is 18.4. The Hall–Kier alpha value is -3.43. The highest BCUT2D eigenvalue weighted by Gasteiger charge is 2.07. The van der Waals surface area contributed by atoms with Gasteiger partial charge in [-0.05, 0) is 18.6 Å². The second-order valence-electron chi connectivity index (χ2n) is 5.40. The van der Waals surface area contributed by atoms with E-state index in [1.165, 1.54) is 19.2 Å². The Morgan fingerprint density at radius 3 is 2.81 bits per heavy atom. The quantitative estimate of drug-likeness (QED) is 0.524. The van der Waals surface area contributed by atoms with Gasteiger partial charge in [-0.25, -0.2) is 9.37 Å². The van der Waals surface area contributed by atoms with E-state index in [4.69, 9.17) is 10.5 Å². The lowest BCUT2D eigenvalue weighted by Crippen LogP contribution is -2.11. The van der Waals surface area contributed by atoms with Crippen molar-refractivity contribution in [3.63, 3.8) is 0 Å². The normalized spacial score (nSPS) is 10.5. The Morgan fingerprint density at radius 2 is 2.08 bits per heavy atom. The molecule has 0 bridgehead atoms. The van der Waals surface area contributed by atoms with Crippen LogP contribution in [-0.2, 0) is 6.54 Å². The van der Waals surface area contributed by atoms with E-state index in [1.54, 1.807) is 18.6 Å². The van der Waals surface area contributed by atoms with Crippen molar-refractivity contribution in [3.8, 4) is 5.75 Å². The van der Waals surface area contributed by atoms with Crippen molar-refractivity contribution in [2.75, 3.05) is 30.0 Å². The number of nitrogens with two attached hydrogens (primary N) is 1. The monoisotopic (exact) mass is 358 g/mol. The van der Waals surface area contributed by atoms with Crippen molar-refractivity contribution in [1.29, 1.82) is 0 Å². The molecule has 0 saturated carbocycles. The summed E-state index contributed by atoms with van der Waals surface area (Å²) in [5, 5.41) is 5.99. The molecule has 0 spiro atoms. The summed E-state index contributed by atoms with van der Waals surface area (Å²) in [5.74, 6) is 0.302. The van der Waals surface area contributed by atoms with Crippen LogP contribution >= 0.6 is 0 Å². The predicted octanol–water partition coefficient (Wildman–Crippen LogP) is 2.04. The number of benzene rings is 1. The average molecular weight is 358 g/mol. The highest BCUT2D eigenvalue weighted by Crippen LogP contribution is 2.22. The third-order valence-corrected chi connectivity index (χ3v) is 3.50. The van der Waals surface area contributed by atoms with E-state index in [0.717, 1.165) is 13.0 Å². The number of ether oxygens (including phenoxy) is 1. The number of anilines is 4. The van der Waals surface area contributed by atoms with Crippen molar-refractivity contribution in [2.24, 2.45) is 0 Å². The van der Waals surface area contributed by atoms with Crippen LogP contribution in [0.5, 0.6) is 5.75 Å². The first-order chi connectivity index (χ1) is 12.6. The smallest absolute Gasteiger partial charge is 0.233 e. The molecule has 0 saturated heterocycles. The second kappa shape index (κ2) is 8.10. The zero-order valence-corrected chi connectivity index (χ0v) is 14.2. The molecule has 0 aliphatic rings. The van der Waals surface area contributed by atoms with Crippen molar-refractivity contribution >= 4 is 23.5 Å². The summed E-state index contributed by atoms with van der Waals surface area (Å²) in [6.07, 6.45) is 6.25. The molecular formula is C16H19FN8O. The van der Waals surface area contributed by atoms with Gasteiger partial charge < -0.3 is 25.7 Å². The first kappa shape index (κ1) is 17.4. The Balaban J connectivity index is 1.60. The van der Waals surface area contributed by atoms with Crippen LogP contribution in [0.15, 0.2) is 36.9 Å². The number of methoxy groups -OCH3 is 1. The van der Waals surface area contributed by atoms with Gasteiger partial charge in [0, 0.05) is 37.2 Å².